The van der Waals surface area contributed by atoms with E-state index in [0.29, 0.717) is 17.5 Å². The van der Waals surface area contributed by atoms with Crippen LogP contribution in [0, 0.1) is 12.3 Å². The second-order valence-corrected chi connectivity index (χ2v) is 2.79. The first-order valence-electron chi connectivity index (χ1n) is 3.80. The van der Waals surface area contributed by atoms with E-state index in [4.69, 9.17) is 6.42 Å². The van der Waals surface area contributed by atoms with Crippen LogP contribution in [0.4, 0.5) is 0 Å². The summed E-state index contributed by atoms with van der Waals surface area (Å²) in [6.07, 6.45) is 8.17. The molecule has 0 spiro atoms. The Bertz CT molecular complexity index is 387. The molecule has 2 rings (SSSR count). The van der Waals surface area contributed by atoms with Crippen LogP contribution in [-0.4, -0.2) is 10.8 Å². The molecule has 0 saturated carbocycles. The SMILES string of the molecule is C#Cc1cnc2c(c1)C(=O)CC2. The Labute approximate surface area is 70.6 Å². The number of fused-ring (bicyclic) bond motifs is 1. The smallest absolute Gasteiger partial charge is 0.165 e. The van der Waals surface area contributed by atoms with Crippen LogP contribution >= 0.6 is 0 Å². The van der Waals surface area contributed by atoms with Crippen LogP contribution in [0.1, 0.15) is 28.0 Å². The number of aryl methyl sites for hydroxylation is 1. The maximum atomic E-state index is 11.2. The van der Waals surface area contributed by atoms with Crippen molar-refractivity contribution in [1.29, 1.82) is 0 Å². The lowest BCUT2D eigenvalue weighted by Gasteiger charge is -1.95. The summed E-state index contributed by atoms with van der Waals surface area (Å²) in [5, 5.41) is 0. The third kappa shape index (κ3) is 0.911. The van der Waals surface area contributed by atoms with Gasteiger partial charge in [-0.15, -0.1) is 6.42 Å². The van der Waals surface area contributed by atoms with Crippen LogP contribution in [0.25, 0.3) is 0 Å². The van der Waals surface area contributed by atoms with Crippen molar-refractivity contribution in [1.82, 2.24) is 4.98 Å². The summed E-state index contributed by atoms with van der Waals surface area (Å²) < 4.78 is 0. The van der Waals surface area contributed by atoms with Gasteiger partial charge < -0.3 is 0 Å². The third-order valence-electron chi connectivity index (χ3n) is 2.03. The van der Waals surface area contributed by atoms with E-state index in [2.05, 4.69) is 10.9 Å². The first-order chi connectivity index (χ1) is 5.81. The van der Waals surface area contributed by atoms with E-state index >= 15 is 0 Å². The van der Waals surface area contributed by atoms with Crippen LogP contribution in [0.3, 0.4) is 0 Å². The lowest BCUT2D eigenvalue weighted by atomic mass is 10.1. The molecule has 12 heavy (non-hydrogen) atoms. The van der Waals surface area contributed by atoms with Crippen molar-refractivity contribution >= 4 is 5.78 Å². The minimum atomic E-state index is 0.162. The highest BCUT2D eigenvalue weighted by Gasteiger charge is 2.20. The molecule has 0 N–H and O–H groups in total. The van der Waals surface area contributed by atoms with Crippen molar-refractivity contribution in [3.8, 4) is 12.3 Å². The molecule has 0 bridgehead atoms. The van der Waals surface area contributed by atoms with Gasteiger partial charge in [0, 0.05) is 23.7 Å². The van der Waals surface area contributed by atoms with E-state index in [1.165, 1.54) is 0 Å². The van der Waals surface area contributed by atoms with Crippen LogP contribution in [0.2, 0.25) is 0 Å². The zero-order valence-electron chi connectivity index (χ0n) is 6.50. The van der Waals surface area contributed by atoms with Crippen molar-refractivity contribution < 1.29 is 4.79 Å². The maximum absolute atomic E-state index is 11.2. The topological polar surface area (TPSA) is 30.0 Å². The lowest BCUT2D eigenvalue weighted by molar-refractivity contribution is 0.0994. The molecule has 0 amide bonds. The number of carbonyl (C=O) groups excluding carboxylic acids is 1. The van der Waals surface area contributed by atoms with Gasteiger partial charge in [0.2, 0.25) is 0 Å². The fourth-order valence-corrected chi connectivity index (χ4v) is 1.38. The molecule has 0 aromatic carbocycles. The highest BCUT2D eigenvalue weighted by Crippen LogP contribution is 2.19. The molecule has 1 aliphatic rings. The standard InChI is InChI=1S/C10H7NO/c1-2-7-5-8-9(11-6-7)3-4-10(8)12/h1,5-6H,3-4H2. The fourth-order valence-electron chi connectivity index (χ4n) is 1.38. The number of hydrogen-bond acceptors (Lipinski definition) is 2. The van der Waals surface area contributed by atoms with E-state index in [9.17, 15) is 4.79 Å². The normalized spacial score (nSPS) is 14.1. The van der Waals surface area contributed by atoms with Gasteiger partial charge in [0.1, 0.15) is 0 Å². The lowest BCUT2D eigenvalue weighted by Crippen LogP contribution is -1.93. The molecule has 1 heterocycles. The van der Waals surface area contributed by atoms with Gasteiger partial charge in [-0.05, 0) is 12.5 Å². The van der Waals surface area contributed by atoms with Gasteiger partial charge in [-0.1, -0.05) is 5.92 Å². The molecule has 0 atom stereocenters. The van der Waals surface area contributed by atoms with Gasteiger partial charge in [0.05, 0.1) is 5.69 Å². The Kier molecular flexibility index (Phi) is 1.44. The predicted octanol–water partition coefficient (Wildman–Crippen LogP) is 1.19. The number of rotatable bonds is 0. The number of carbonyl (C=O) groups is 1. The summed E-state index contributed by atoms with van der Waals surface area (Å²) in [6.45, 7) is 0. The van der Waals surface area contributed by atoms with Gasteiger partial charge in [-0.25, -0.2) is 0 Å². The Morgan fingerprint density at radius 2 is 2.33 bits per heavy atom. The molecular weight excluding hydrogens is 150 g/mol. The van der Waals surface area contributed by atoms with Crippen molar-refractivity contribution in [2.24, 2.45) is 0 Å². The fraction of sp³-hybridized carbons (Fsp3) is 0.200. The summed E-state index contributed by atoms with van der Waals surface area (Å²) in [7, 11) is 0. The number of Topliss-reactive ketones (excluding diaryl/α,β-unsaturated/α-hetero) is 1. The second-order valence-electron chi connectivity index (χ2n) is 2.79. The average Bonchev–Trinajstić information content (AvgIpc) is 2.47. The van der Waals surface area contributed by atoms with E-state index in [-0.39, 0.29) is 5.78 Å². The molecule has 1 aromatic rings. The van der Waals surface area contributed by atoms with Crippen molar-refractivity contribution in [2.45, 2.75) is 12.8 Å². The molecule has 0 unspecified atom stereocenters. The Hall–Kier alpha value is -1.62. The molecule has 0 radical (unpaired) electrons. The Morgan fingerprint density at radius 3 is 3.08 bits per heavy atom. The van der Waals surface area contributed by atoms with Gasteiger partial charge in [-0.3, -0.25) is 9.78 Å². The molecule has 58 valence electrons. The van der Waals surface area contributed by atoms with E-state index in [0.717, 1.165) is 12.1 Å². The number of nitrogens with zero attached hydrogens (tertiary/aromatic N) is 1. The second kappa shape index (κ2) is 2.46. The van der Waals surface area contributed by atoms with Crippen LogP contribution in [0.5, 0.6) is 0 Å². The van der Waals surface area contributed by atoms with Crippen LogP contribution < -0.4 is 0 Å². The minimum Gasteiger partial charge on any atom is -0.294 e. The largest absolute Gasteiger partial charge is 0.294 e. The highest BCUT2D eigenvalue weighted by molar-refractivity contribution is 6.00. The Balaban J connectivity index is 2.59. The Morgan fingerprint density at radius 1 is 1.50 bits per heavy atom. The van der Waals surface area contributed by atoms with Gasteiger partial charge in [0.25, 0.3) is 0 Å². The first-order valence-corrected chi connectivity index (χ1v) is 3.80. The predicted molar refractivity (Wildman–Crippen MR) is 44.8 cm³/mol. The van der Waals surface area contributed by atoms with Crippen molar-refractivity contribution in [2.75, 3.05) is 0 Å². The van der Waals surface area contributed by atoms with Gasteiger partial charge in [0.15, 0.2) is 5.78 Å². The quantitative estimate of drug-likeness (QED) is 0.529. The molecule has 0 aliphatic heterocycles. The van der Waals surface area contributed by atoms with Crippen LogP contribution in [-0.2, 0) is 6.42 Å². The monoisotopic (exact) mass is 157 g/mol. The number of ketones is 1. The highest BCUT2D eigenvalue weighted by atomic mass is 16.1. The molecule has 0 saturated heterocycles. The zero-order chi connectivity index (χ0) is 8.55. The number of terminal acetylenes is 1. The number of pyridine rings is 1. The van der Waals surface area contributed by atoms with E-state index in [1.54, 1.807) is 12.3 Å². The molecule has 1 aliphatic carbocycles. The average molecular weight is 157 g/mol. The van der Waals surface area contributed by atoms with E-state index < -0.39 is 0 Å². The van der Waals surface area contributed by atoms with Gasteiger partial charge in [-0.2, -0.15) is 0 Å². The molecule has 1 aromatic heterocycles. The van der Waals surface area contributed by atoms with Crippen molar-refractivity contribution in [3.63, 3.8) is 0 Å². The summed E-state index contributed by atoms with van der Waals surface area (Å²) in [6, 6.07) is 1.75. The van der Waals surface area contributed by atoms with Gasteiger partial charge >= 0.3 is 0 Å². The molecule has 2 nitrogen and oxygen atoms in total. The number of hydrogen-bond donors (Lipinski definition) is 0. The molecule has 2 heteroatoms. The minimum absolute atomic E-state index is 0.162. The van der Waals surface area contributed by atoms with E-state index in [1.807, 2.05) is 0 Å². The first kappa shape index (κ1) is 7.05. The summed E-state index contributed by atoms with van der Waals surface area (Å²) >= 11 is 0. The summed E-state index contributed by atoms with van der Waals surface area (Å²) in [4.78, 5) is 15.3. The summed E-state index contributed by atoms with van der Waals surface area (Å²) in [5.74, 6) is 2.62. The maximum Gasteiger partial charge on any atom is 0.165 e. The number of aromatic nitrogens is 1. The molecular formula is C10H7NO. The zero-order valence-corrected chi connectivity index (χ0v) is 6.50. The van der Waals surface area contributed by atoms with Crippen LogP contribution in [0.15, 0.2) is 12.3 Å². The van der Waals surface area contributed by atoms with Crippen molar-refractivity contribution in [3.05, 3.63) is 29.1 Å². The third-order valence-corrected chi connectivity index (χ3v) is 2.03. The molecule has 0 fully saturated rings. The summed E-state index contributed by atoms with van der Waals surface area (Å²) in [5.41, 5.74) is 2.29.